The monoisotopic (exact) mass is 303 g/mol. The Bertz CT molecular complexity index is 720. The smallest absolute Gasteiger partial charge is 0.261 e. The van der Waals surface area contributed by atoms with Crippen LogP contribution in [0.2, 0.25) is 0 Å². The van der Waals surface area contributed by atoms with E-state index in [0.29, 0.717) is 11.3 Å². The minimum atomic E-state index is -3.64. The highest BCUT2D eigenvalue weighted by Gasteiger charge is 2.16. The van der Waals surface area contributed by atoms with E-state index in [-0.39, 0.29) is 16.6 Å². The molecule has 4 nitrogen and oxygen atoms in total. The van der Waals surface area contributed by atoms with Crippen LogP contribution < -0.4 is 4.72 Å². The molecule has 0 aliphatic rings. The second kappa shape index (κ2) is 6.10. The molecule has 0 spiro atoms. The average Bonchev–Trinajstić information content (AvgIpc) is 2.47. The van der Waals surface area contributed by atoms with Gasteiger partial charge in [-0.15, -0.1) is 0 Å². The number of benzene rings is 2. The van der Waals surface area contributed by atoms with Crippen molar-refractivity contribution < 1.29 is 13.2 Å². The quantitative estimate of drug-likeness (QED) is 0.862. The lowest BCUT2D eigenvalue weighted by Crippen LogP contribution is -2.13. The van der Waals surface area contributed by atoms with E-state index in [1.165, 1.54) is 12.1 Å². The first-order chi connectivity index (χ1) is 9.90. The molecule has 0 aliphatic heterocycles. The van der Waals surface area contributed by atoms with Crippen molar-refractivity contribution in [2.24, 2.45) is 5.92 Å². The van der Waals surface area contributed by atoms with Crippen LogP contribution in [0.3, 0.4) is 0 Å². The van der Waals surface area contributed by atoms with Gasteiger partial charge in [0.05, 0.1) is 4.90 Å². The molecule has 0 aliphatic carbocycles. The third kappa shape index (κ3) is 3.70. The number of Topliss-reactive ketones (excluding diaryl/α,β-unsaturated/α-hetero) is 1. The number of nitrogens with one attached hydrogen (secondary N) is 1. The van der Waals surface area contributed by atoms with Crippen LogP contribution in [-0.4, -0.2) is 14.2 Å². The summed E-state index contributed by atoms with van der Waals surface area (Å²) in [6, 6.07) is 14.6. The van der Waals surface area contributed by atoms with Crippen molar-refractivity contribution >= 4 is 21.5 Å². The molecule has 0 fully saturated rings. The van der Waals surface area contributed by atoms with Crippen LogP contribution in [0.15, 0.2) is 59.5 Å². The Balaban J connectivity index is 2.23. The number of hydrogen-bond donors (Lipinski definition) is 1. The van der Waals surface area contributed by atoms with E-state index in [1.807, 2.05) is 19.9 Å². The standard InChI is InChI=1S/C16H17NO3S/c1-12(2)16(18)13-8-10-15(11-9-13)21(19,20)17-14-6-4-3-5-7-14/h3-12,17H,1-2H3. The summed E-state index contributed by atoms with van der Waals surface area (Å²) in [5.74, 6) is -0.120. The SMILES string of the molecule is CC(C)C(=O)c1ccc(S(=O)(=O)Nc2ccccc2)cc1. The molecular formula is C16H17NO3S. The average molecular weight is 303 g/mol. The van der Waals surface area contributed by atoms with Gasteiger partial charge in [0.25, 0.3) is 10.0 Å². The molecule has 0 saturated carbocycles. The molecule has 110 valence electrons. The highest BCUT2D eigenvalue weighted by atomic mass is 32.2. The van der Waals surface area contributed by atoms with E-state index in [1.54, 1.807) is 36.4 Å². The van der Waals surface area contributed by atoms with Crippen molar-refractivity contribution in [2.45, 2.75) is 18.7 Å². The Morgan fingerprint density at radius 1 is 0.952 bits per heavy atom. The summed E-state index contributed by atoms with van der Waals surface area (Å²) in [6.07, 6.45) is 0. The van der Waals surface area contributed by atoms with Crippen molar-refractivity contribution in [1.29, 1.82) is 0 Å². The molecular weight excluding hydrogens is 286 g/mol. The third-order valence-corrected chi connectivity index (χ3v) is 4.40. The van der Waals surface area contributed by atoms with Gasteiger partial charge in [0, 0.05) is 17.2 Å². The molecule has 2 aromatic rings. The molecule has 0 saturated heterocycles. The lowest BCUT2D eigenvalue weighted by Gasteiger charge is -2.09. The van der Waals surface area contributed by atoms with Crippen LogP contribution in [0.25, 0.3) is 0 Å². The number of sulfonamides is 1. The van der Waals surface area contributed by atoms with Gasteiger partial charge in [-0.05, 0) is 24.3 Å². The van der Waals surface area contributed by atoms with E-state index < -0.39 is 10.0 Å². The molecule has 21 heavy (non-hydrogen) atoms. The summed E-state index contributed by atoms with van der Waals surface area (Å²) in [4.78, 5) is 12.0. The molecule has 5 heteroatoms. The van der Waals surface area contributed by atoms with E-state index in [2.05, 4.69) is 4.72 Å². The van der Waals surface area contributed by atoms with Crippen LogP contribution in [0.1, 0.15) is 24.2 Å². The van der Waals surface area contributed by atoms with Crippen LogP contribution >= 0.6 is 0 Å². The second-order valence-electron chi connectivity index (χ2n) is 5.01. The molecule has 1 N–H and O–H groups in total. The normalized spacial score (nSPS) is 11.4. The maximum atomic E-state index is 12.2. The molecule has 2 rings (SSSR count). The maximum Gasteiger partial charge on any atom is 0.261 e. The van der Waals surface area contributed by atoms with Crippen LogP contribution in [0, 0.1) is 5.92 Å². The number of carbonyl (C=O) groups excluding carboxylic acids is 1. The van der Waals surface area contributed by atoms with Crippen LogP contribution in [-0.2, 0) is 10.0 Å². The van der Waals surface area contributed by atoms with Crippen molar-refractivity contribution in [3.8, 4) is 0 Å². The molecule has 0 heterocycles. The van der Waals surface area contributed by atoms with Gasteiger partial charge in [0.1, 0.15) is 0 Å². The zero-order chi connectivity index (χ0) is 15.5. The third-order valence-electron chi connectivity index (χ3n) is 3.00. The van der Waals surface area contributed by atoms with Gasteiger partial charge in [0.15, 0.2) is 5.78 Å². The Hall–Kier alpha value is -2.14. The molecule has 0 radical (unpaired) electrons. The van der Waals surface area contributed by atoms with Crippen LogP contribution in [0.5, 0.6) is 0 Å². The topological polar surface area (TPSA) is 63.2 Å². The summed E-state index contributed by atoms with van der Waals surface area (Å²) in [5, 5.41) is 0. The van der Waals surface area contributed by atoms with Crippen molar-refractivity contribution in [3.05, 3.63) is 60.2 Å². The fourth-order valence-electron chi connectivity index (χ4n) is 1.85. The summed E-state index contributed by atoms with van der Waals surface area (Å²) >= 11 is 0. The first-order valence-electron chi connectivity index (χ1n) is 6.62. The molecule has 0 atom stereocenters. The number of para-hydroxylation sites is 1. The summed E-state index contributed by atoms with van der Waals surface area (Å²) in [7, 11) is -3.64. The van der Waals surface area contributed by atoms with E-state index in [4.69, 9.17) is 0 Å². The van der Waals surface area contributed by atoms with Gasteiger partial charge in [-0.1, -0.05) is 44.2 Å². The first-order valence-corrected chi connectivity index (χ1v) is 8.10. The Kier molecular flexibility index (Phi) is 4.43. The largest absolute Gasteiger partial charge is 0.294 e. The Labute approximate surface area is 124 Å². The van der Waals surface area contributed by atoms with Crippen molar-refractivity contribution in [2.75, 3.05) is 4.72 Å². The van der Waals surface area contributed by atoms with Crippen molar-refractivity contribution in [1.82, 2.24) is 0 Å². The first kappa shape index (κ1) is 15.3. The zero-order valence-electron chi connectivity index (χ0n) is 11.9. The highest BCUT2D eigenvalue weighted by molar-refractivity contribution is 7.92. The molecule has 0 bridgehead atoms. The second-order valence-corrected chi connectivity index (χ2v) is 6.70. The number of anilines is 1. The highest BCUT2D eigenvalue weighted by Crippen LogP contribution is 2.17. The predicted molar refractivity (Wildman–Crippen MR) is 82.9 cm³/mol. The lowest BCUT2D eigenvalue weighted by atomic mass is 10.0. The van der Waals surface area contributed by atoms with E-state index >= 15 is 0 Å². The fourth-order valence-corrected chi connectivity index (χ4v) is 2.91. The maximum absolute atomic E-state index is 12.2. The fraction of sp³-hybridized carbons (Fsp3) is 0.188. The van der Waals surface area contributed by atoms with Gasteiger partial charge in [-0.3, -0.25) is 9.52 Å². The van der Waals surface area contributed by atoms with Gasteiger partial charge < -0.3 is 0 Å². The molecule has 0 amide bonds. The molecule has 0 aromatic heterocycles. The van der Waals surface area contributed by atoms with Gasteiger partial charge in [-0.25, -0.2) is 8.42 Å². The summed E-state index contributed by atoms with van der Waals surface area (Å²) < 4.78 is 26.9. The summed E-state index contributed by atoms with van der Waals surface area (Å²) in [5.41, 5.74) is 1.02. The molecule has 2 aromatic carbocycles. The van der Waals surface area contributed by atoms with Crippen LogP contribution in [0.4, 0.5) is 5.69 Å². The zero-order valence-corrected chi connectivity index (χ0v) is 12.7. The van der Waals surface area contributed by atoms with Gasteiger partial charge in [0.2, 0.25) is 0 Å². The predicted octanol–water partition coefficient (Wildman–Crippen LogP) is 3.33. The Morgan fingerprint density at radius 2 is 1.52 bits per heavy atom. The molecule has 0 unspecified atom stereocenters. The summed E-state index contributed by atoms with van der Waals surface area (Å²) in [6.45, 7) is 3.62. The van der Waals surface area contributed by atoms with E-state index in [9.17, 15) is 13.2 Å². The number of rotatable bonds is 5. The minimum Gasteiger partial charge on any atom is -0.294 e. The van der Waals surface area contributed by atoms with E-state index in [0.717, 1.165) is 0 Å². The lowest BCUT2D eigenvalue weighted by molar-refractivity contribution is 0.0939. The van der Waals surface area contributed by atoms with Gasteiger partial charge >= 0.3 is 0 Å². The Morgan fingerprint density at radius 3 is 2.05 bits per heavy atom. The van der Waals surface area contributed by atoms with Gasteiger partial charge in [-0.2, -0.15) is 0 Å². The van der Waals surface area contributed by atoms with Crippen molar-refractivity contribution in [3.63, 3.8) is 0 Å². The number of carbonyl (C=O) groups is 1. The minimum absolute atomic E-state index is 0.00466. The number of hydrogen-bond acceptors (Lipinski definition) is 3. The number of ketones is 1.